The van der Waals surface area contributed by atoms with Gasteiger partial charge in [0.2, 0.25) is 5.91 Å². The van der Waals surface area contributed by atoms with Gasteiger partial charge in [-0.25, -0.2) is 13.2 Å². The van der Waals surface area contributed by atoms with Gasteiger partial charge in [-0.2, -0.15) is 0 Å². The fourth-order valence-corrected chi connectivity index (χ4v) is 4.18. The fraction of sp³-hybridized carbons (Fsp3) is 0.222. The summed E-state index contributed by atoms with van der Waals surface area (Å²) < 4.78 is 34.1. The number of amides is 1. The highest BCUT2D eigenvalue weighted by molar-refractivity contribution is 7.92. The van der Waals surface area contributed by atoms with Gasteiger partial charge >= 0.3 is 5.76 Å². The summed E-state index contributed by atoms with van der Waals surface area (Å²) in [5.74, 6) is -0.472. The van der Waals surface area contributed by atoms with E-state index in [1.54, 1.807) is 24.1 Å². The number of carbonyl (C=O) groups excluding carboxylic acids is 1. The second-order valence-corrected chi connectivity index (χ2v) is 8.04. The first-order chi connectivity index (χ1) is 12.8. The molecule has 1 fully saturated rings. The molecule has 4 rings (SSSR count). The lowest BCUT2D eigenvalue weighted by Crippen LogP contribution is -2.23. The van der Waals surface area contributed by atoms with Gasteiger partial charge in [0.1, 0.15) is 0 Å². The van der Waals surface area contributed by atoms with Crippen LogP contribution >= 0.6 is 0 Å². The number of carbonyl (C=O) groups is 1. The van der Waals surface area contributed by atoms with Crippen molar-refractivity contribution >= 4 is 38.4 Å². The Morgan fingerprint density at radius 1 is 1.07 bits per heavy atom. The number of anilines is 2. The SMILES string of the molecule is Cn1c(=O)oc2ccc(NS(=O)(=O)c3ccc(N4CCCC4=O)cc3)cc21. The summed E-state index contributed by atoms with van der Waals surface area (Å²) in [6.45, 7) is 0.645. The fourth-order valence-electron chi connectivity index (χ4n) is 3.13. The van der Waals surface area contributed by atoms with Crippen LogP contribution in [0.3, 0.4) is 0 Å². The van der Waals surface area contributed by atoms with Gasteiger partial charge in [0.25, 0.3) is 10.0 Å². The van der Waals surface area contributed by atoms with Gasteiger partial charge < -0.3 is 9.32 Å². The first kappa shape index (κ1) is 17.3. The zero-order chi connectivity index (χ0) is 19.2. The molecule has 2 aromatic carbocycles. The predicted octanol–water partition coefficient (Wildman–Crippen LogP) is 2.06. The van der Waals surface area contributed by atoms with E-state index < -0.39 is 15.8 Å². The molecule has 0 unspecified atom stereocenters. The summed E-state index contributed by atoms with van der Waals surface area (Å²) in [6.07, 6.45) is 1.32. The van der Waals surface area contributed by atoms with Crippen LogP contribution in [0, 0.1) is 0 Å². The maximum Gasteiger partial charge on any atom is 0.419 e. The molecular weight excluding hydrogens is 370 g/mol. The number of nitrogens with zero attached hydrogens (tertiary/aromatic N) is 2. The molecule has 140 valence electrons. The van der Waals surface area contributed by atoms with Crippen molar-refractivity contribution in [2.45, 2.75) is 17.7 Å². The molecule has 1 aliphatic rings. The number of nitrogens with one attached hydrogen (secondary N) is 1. The van der Waals surface area contributed by atoms with E-state index in [1.165, 1.54) is 34.9 Å². The number of hydrogen-bond donors (Lipinski definition) is 1. The van der Waals surface area contributed by atoms with Gasteiger partial charge in [-0.3, -0.25) is 14.1 Å². The standard InChI is InChI=1S/C18H17N3O5S/c1-20-15-11-12(4-9-16(15)26-18(20)23)19-27(24,25)14-7-5-13(6-8-14)21-10-2-3-17(21)22/h4-9,11,19H,2-3,10H2,1H3. The zero-order valence-electron chi connectivity index (χ0n) is 14.5. The average molecular weight is 387 g/mol. The third kappa shape index (κ3) is 3.10. The van der Waals surface area contributed by atoms with Crippen LogP contribution in [-0.4, -0.2) is 25.4 Å². The van der Waals surface area contributed by atoms with E-state index in [2.05, 4.69) is 4.72 Å². The largest absolute Gasteiger partial charge is 0.419 e. The van der Waals surface area contributed by atoms with Crippen molar-refractivity contribution in [3.05, 3.63) is 53.0 Å². The van der Waals surface area contributed by atoms with Crippen LogP contribution in [0.15, 0.2) is 56.6 Å². The minimum absolute atomic E-state index is 0.0442. The van der Waals surface area contributed by atoms with Crippen molar-refractivity contribution in [1.29, 1.82) is 0 Å². The number of sulfonamides is 1. The lowest BCUT2D eigenvalue weighted by Gasteiger charge is -2.16. The quantitative estimate of drug-likeness (QED) is 0.738. The molecule has 9 heteroatoms. The van der Waals surface area contributed by atoms with Crippen molar-refractivity contribution in [1.82, 2.24) is 4.57 Å². The van der Waals surface area contributed by atoms with Crippen LogP contribution in [0.2, 0.25) is 0 Å². The minimum atomic E-state index is -3.81. The third-order valence-corrected chi connectivity index (χ3v) is 5.97. The normalized spacial score (nSPS) is 14.9. The first-order valence-electron chi connectivity index (χ1n) is 8.38. The Hall–Kier alpha value is -3.07. The molecular formula is C18H17N3O5S. The van der Waals surface area contributed by atoms with Crippen molar-refractivity contribution in [2.75, 3.05) is 16.2 Å². The Kier molecular flexibility index (Phi) is 4.03. The number of hydrogen-bond acceptors (Lipinski definition) is 5. The lowest BCUT2D eigenvalue weighted by molar-refractivity contribution is -0.117. The Balaban J connectivity index is 1.60. The lowest BCUT2D eigenvalue weighted by atomic mass is 10.3. The number of benzene rings is 2. The molecule has 1 aliphatic heterocycles. The smallest absolute Gasteiger partial charge is 0.408 e. The predicted molar refractivity (Wildman–Crippen MR) is 100 cm³/mol. The Morgan fingerprint density at radius 2 is 1.81 bits per heavy atom. The van der Waals surface area contributed by atoms with Crippen LogP contribution in [0.1, 0.15) is 12.8 Å². The van der Waals surface area contributed by atoms with E-state index >= 15 is 0 Å². The molecule has 27 heavy (non-hydrogen) atoms. The van der Waals surface area contributed by atoms with Crippen molar-refractivity contribution in [3.8, 4) is 0 Å². The third-order valence-electron chi connectivity index (χ3n) is 4.58. The van der Waals surface area contributed by atoms with Gasteiger partial charge in [-0.15, -0.1) is 0 Å². The number of rotatable bonds is 4. The summed E-state index contributed by atoms with van der Waals surface area (Å²) in [5.41, 5.74) is 1.87. The highest BCUT2D eigenvalue weighted by Crippen LogP contribution is 2.25. The molecule has 1 saturated heterocycles. The summed E-state index contributed by atoms with van der Waals surface area (Å²) >= 11 is 0. The Bertz CT molecular complexity index is 1190. The molecule has 3 aromatic rings. The minimum Gasteiger partial charge on any atom is -0.408 e. The van der Waals surface area contributed by atoms with Crippen LogP contribution < -0.4 is 15.4 Å². The van der Waals surface area contributed by atoms with E-state index in [1.807, 2.05) is 0 Å². The van der Waals surface area contributed by atoms with Gasteiger partial charge in [0.05, 0.1) is 16.1 Å². The van der Waals surface area contributed by atoms with Gasteiger partial charge in [-0.1, -0.05) is 0 Å². The van der Waals surface area contributed by atoms with Gasteiger partial charge in [-0.05, 0) is 48.9 Å². The van der Waals surface area contributed by atoms with Crippen molar-refractivity contribution < 1.29 is 17.6 Å². The second-order valence-electron chi connectivity index (χ2n) is 6.36. The average Bonchev–Trinajstić information content (AvgIpc) is 3.19. The maximum absolute atomic E-state index is 12.6. The molecule has 1 amide bonds. The Morgan fingerprint density at radius 3 is 2.48 bits per heavy atom. The van der Waals surface area contributed by atoms with Crippen LogP contribution in [0.5, 0.6) is 0 Å². The number of fused-ring (bicyclic) bond motifs is 1. The maximum atomic E-state index is 12.6. The molecule has 1 N–H and O–H groups in total. The molecule has 0 aliphatic carbocycles. The molecule has 2 heterocycles. The molecule has 0 bridgehead atoms. The van der Waals surface area contributed by atoms with Gasteiger partial charge in [0.15, 0.2) is 5.58 Å². The van der Waals surface area contributed by atoms with Crippen molar-refractivity contribution in [3.63, 3.8) is 0 Å². The monoisotopic (exact) mass is 387 g/mol. The molecule has 8 nitrogen and oxygen atoms in total. The van der Waals surface area contributed by atoms with E-state index in [9.17, 15) is 18.0 Å². The molecule has 0 saturated carbocycles. The number of oxazole rings is 1. The molecule has 0 spiro atoms. The summed E-state index contributed by atoms with van der Waals surface area (Å²) in [5, 5.41) is 0. The molecule has 1 aromatic heterocycles. The molecule has 0 radical (unpaired) electrons. The number of aryl methyl sites for hydroxylation is 1. The first-order valence-corrected chi connectivity index (χ1v) is 9.86. The summed E-state index contributed by atoms with van der Waals surface area (Å²) in [7, 11) is -2.27. The highest BCUT2D eigenvalue weighted by atomic mass is 32.2. The van der Waals surface area contributed by atoms with Crippen molar-refractivity contribution in [2.24, 2.45) is 7.05 Å². The summed E-state index contributed by atoms with van der Waals surface area (Å²) in [6, 6.07) is 10.8. The summed E-state index contributed by atoms with van der Waals surface area (Å²) in [4.78, 5) is 25.1. The van der Waals surface area contributed by atoms with Gasteiger partial charge in [0, 0.05) is 25.7 Å². The highest BCUT2D eigenvalue weighted by Gasteiger charge is 2.22. The van der Waals surface area contributed by atoms with E-state index in [0.717, 1.165) is 6.42 Å². The van der Waals surface area contributed by atoms with E-state index in [-0.39, 0.29) is 10.8 Å². The second kappa shape index (κ2) is 6.27. The van der Waals surface area contributed by atoms with Crippen LogP contribution in [0.4, 0.5) is 11.4 Å². The number of aromatic nitrogens is 1. The zero-order valence-corrected chi connectivity index (χ0v) is 15.3. The van der Waals surface area contributed by atoms with Crippen LogP contribution in [-0.2, 0) is 21.9 Å². The topological polar surface area (TPSA) is 102 Å². The van der Waals surface area contributed by atoms with Crippen LogP contribution in [0.25, 0.3) is 11.1 Å². The molecule has 0 atom stereocenters. The Labute approximate surface area is 155 Å². The van der Waals surface area contributed by atoms with E-state index in [0.29, 0.717) is 35.4 Å². The van der Waals surface area contributed by atoms with E-state index in [4.69, 9.17) is 4.42 Å².